The van der Waals surface area contributed by atoms with Crippen LogP contribution in [0.2, 0.25) is 0 Å². The molecule has 1 aliphatic heterocycles. The number of rotatable bonds is 4. The van der Waals surface area contributed by atoms with Crippen molar-refractivity contribution in [1.82, 2.24) is 4.90 Å². The molecule has 0 radical (unpaired) electrons. The normalized spacial score (nSPS) is 19.0. The number of halogens is 1. The number of amides is 1. The average molecular weight is 252 g/mol. The average Bonchev–Trinajstić information content (AvgIpc) is 2.84. The van der Waals surface area contributed by atoms with Gasteiger partial charge in [-0.3, -0.25) is 4.79 Å². The first kappa shape index (κ1) is 12.8. The van der Waals surface area contributed by atoms with Crippen LogP contribution in [0.5, 0.6) is 5.75 Å². The number of carbonyl (C=O) groups is 1. The van der Waals surface area contributed by atoms with Gasteiger partial charge in [0.25, 0.3) is 5.91 Å². The molecule has 1 aliphatic rings. The molecule has 1 atom stereocenters. The van der Waals surface area contributed by atoms with E-state index in [1.807, 2.05) is 0 Å². The lowest BCUT2D eigenvalue weighted by Gasteiger charge is -2.23. The maximum Gasteiger partial charge on any atom is 0.260 e. The summed E-state index contributed by atoms with van der Waals surface area (Å²) in [5.74, 6) is -0.0972. The molecule has 0 aromatic heterocycles. The number of hydrogen-bond acceptors (Lipinski definition) is 3. The molecule has 1 saturated heterocycles. The van der Waals surface area contributed by atoms with E-state index in [0.717, 1.165) is 19.4 Å². The van der Waals surface area contributed by atoms with Gasteiger partial charge in [-0.1, -0.05) is 6.07 Å². The lowest BCUT2D eigenvalue weighted by Crippen LogP contribution is -2.42. The Labute approximate surface area is 106 Å². The molecule has 2 N–H and O–H groups in total. The third-order valence-corrected chi connectivity index (χ3v) is 3.13. The first-order chi connectivity index (χ1) is 8.70. The third kappa shape index (κ3) is 2.98. The first-order valence-corrected chi connectivity index (χ1v) is 6.08. The van der Waals surface area contributed by atoms with Crippen molar-refractivity contribution in [3.8, 4) is 5.75 Å². The highest BCUT2D eigenvalue weighted by molar-refractivity contribution is 5.78. The molecule has 0 aliphatic carbocycles. The van der Waals surface area contributed by atoms with E-state index in [4.69, 9.17) is 10.5 Å². The van der Waals surface area contributed by atoms with Crippen LogP contribution in [-0.4, -0.2) is 36.5 Å². The zero-order valence-corrected chi connectivity index (χ0v) is 10.1. The van der Waals surface area contributed by atoms with E-state index in [-0.39, 0.29) is 24.4 Å². The highest BCUT2D eigenvalue weighted by Gasteiger charge is 2.27. The van der Waals surface area contributed by atoms with Gasteiger partial charge in [0.1, 0.15) is 11.6 Å². The van der Waals surface area contributed by atoms with Gasteiger partial charge in [0.05, 0.1) is 0 Å². The van der Waals surface area contributed by atoms with Crippen LogP contribution in [0.1, 0.15) is 12.8 Å². The van der Waals surface area contributed by atoms with Gasteiger partial charge < -0.3 is 15.4 Å². The summed E-state index contributed by atoms with van der Waals surface area (Å²) in [5, 5.41) is 0. The lowest BCUT2D eigenvalue weighted by molar-refractivity contribution is -0.134. The van der Waals surface area contributed by atoms with E-state index >= 15 is 0 Å². The summed E-state index contributed by atoms with van der Waals surface area (Å²) in [4.78, 5) is 13.7. The van der Waals surface area contributed by atoms with Crippen LogP contribution in [0.15, 0.2) is 24.3 Å². The summed E-state index contributed by atoms with van der Waals surface area (Å²) in [6, 6.07) is 5.89. The summed E-state index contributed by atoms with van der Waals surface area (Å²) in [6.45, 7) is 1.14. The Balaban J connectivity index is 1.88. The molecule has 0 spiro atoms. The predicted molar refractivity (Wildman–Crippen MR) is 65.7 cm³/mol. The number of nitrogens with zero attached hydrogens (tertiary/aromatic N) is 1. The minimum absolute atomic E-state index is 0.0695. The molecule has 1 aromatic rings. The van der Waals surface area contributed by atoms with Crippen molar-refractivity contribution in [1.29, 1.82) is 0 Å². The van der Waals surface area contributed by atoms with Crippen LogP contribution >= 0.6 is 0 Å². The molecule has 2 rings (SSSR count). The van der Waals surface area contributed by atoms with Crippen molar-refractivity contribution in [3.05, 3.63) is 30.1 Å². The minimum atomic E-state index is -0.374. The maximum absolute atomic E-state index is 12.9. The number of benzene rings is 1. The SMILES string of the molecule is NC[C@H]1CCCN1C(=O)COc1cccc(F)c1. The van der Waals surface area contributed by atoms with Crippen molar-refractivity contribution < 1.29 is 13.9 Å². The molecule has 0 unspecified atom stereocenters. The minimum Gasteiger partial charge on any atom is -0.484 e. The Kier molecular flexibility index (Phi) is 4.15. The molecule has 98 valence electrons. The van der Waals surface area contributed by atoms with Gasteiger partial charge in [0.2, 0.25) is 0 Å². The van der Waals surface area contributed by atoms with Crippen molar-refractivity contribution in [2.75, 3.05) is 19.7 Å². The molecule has 1 amide bonds. The smallest absolute Gasteiger partial charge is 0.260 e. The van der Waals surface area contributed by atoms with E-state index < -0.39 is 0 Å². The Hall–Kier alpha value is -1.62. The molecule has 1 heterocycles. The Morgan fingerprint density at radius 2 is 2.39 bits per heavy atom. The van der Waals surface area contributed by atoms with E-state index in [2.05, 4.69) is 0 Å². The van der Waals surface area contributed by atoms with Crippen LogP contribution < -0.4 is 10.5 Å². The van der Waals surface area contributed by atoms with Crippen LogP contribution in [0.4, 0.5) is 4.39 Å². The second-order valence-corrected chi connectivity index (χ2v) is 4.36. The number of carbonyl (C=O) groups excluding carboxylic acids is 1. The van der Waals surface area contributed by atoms with Crippen LogP contribution in [0.3, 0.4) is 0 Å². The van der Waals surface area contributed by atoms with Crippen molar-refractivity contribution in [3.63, 3.8) is 0 Å². The fourth-order valence-electron chi connectivity index (χ4n) is 2.19. The Morgan fingerprint density at radius 1 is 1.56 bits per heavy atom. The largest absolute Gasteiger partial charge is 0.484 e. The van der Waals surface area contributed by atoms with Gasteiger partial charge in [0.15, 0.2) is 6.61 Å². The Bertz CT molecular complexity index is 425. The van der Waals surface area contributed by atoms with Gasteiger partial charge in [-0.2, -0.15) is 0 Å². The highest BCUT2D eigenvalue weighted by Crippen LogP contribution is 2.17. The number of ether oxygens (including phenoxy) is 1. The molecule has 1 fully saturated rings. The molecule has 0 bridgehead atoms. The quantitative estimate of drug-likeness (QED) is 0.874. The van der Waals surface area contributed by atoms with Crippen molar-refractivity contribution in [2.45, 2.75) is 18.9 Å². The summed E-state index contributed by atoms with van der Waals surface area (Å²) in [7, 11) is 0. The molecular formula is C13H17FN2O2. The van der Waals surface area contributed by atoms with E-state index in [9.17, 15) is 9.18 Å². The number of nitrogens with two attached hydrogens (primary N) is 1. The van der Waals surface area contributed by atoms with Gasteiger partial charge in [-0.05, 0) is 25.0 Å². The molecule has 18 heavy (non-hydrogen) atoms. The summed E-state index contributed by atoms with van der Waals surface area (Å²) >= 11 is 0. The second-order valence-electron chi connectivity index (χ2n) is 4.36. The fourth-order valence-corrected chi connectivity index (χ4v) is 2.19. The summed E-state index contributed by atoms with van der Waals surface area (Å²) < 4.78 is 18.2. The Morgan fingerprint density at radius 3 is 3.11 bits per heavy atom. The number of likely N-dealkylation sites (tertiary alicyclic amines) is 1. The summed E-state index contributed by atoms with van der Waals surface area (Å²) in [6.07, 6.45) is 1.93. The zero-order valence-electron chi connectivity index (χ0n) is 10.1. The zero-order chi connectivity index (χ0) is 13.0. The van der Waals surface area contributed by atoms with Gasteiger partial charge in [0, 0.05) is 25.2 Å². The van der Waals surface area contributed by atoms with Gasteiger partial charge >= 0.3 is 0 Å². The van der Waals surface area contributed by atoms with Crippen LogP contribution in [0, 0.1) is 5.82 Å². The van der Waals surface area contributed by atoms with Crippen molar-refractivity contribution in [2.24, 2.45) is 5.73 Å². The van der Waals surface area contributed by atoms with E-state index in [1.54, 1.807) is 17.0 Å². The fraction of sp³-hybridized carbons (Fsp3) is 0.462. The molecule has 1 aromatic carbocycles. The van der Waals surface area contributed by atoms with E-state index in [1.165, 1.54) is 12.1 Å². The van der Waals surface area contributed by atoms with Gasteiger partial charge in [-0.15, -0.1) is 0 Å². The monoisotopic (exact) mass is 252 g/mol. The standard InChI is InChI=1S/C13H17FN2O2/c14-10-3-1-5-12(7-10)18-9-13(17)16-6-2-4-11(16)8-15/h1,3,5,7,11H,2,4,6,8-9,15H2/t11-/m1/s1. The third-order valence-electron chi connectivity index (χ3n) is 3.13. The van der Waals surface area contributed by atoms with Gasteiger partial charge in [-0.25, -0.2) is 4.39 Å². The molecular weight excluding hydrogens is 235 g/mol. The summed E-state index contributed by atoms with van der Waals surface area (Å²) in [5.41, 5.74) is 5.60. The number of hydrogen-bond donors (Lipinski definition) is 1. The lowest BCUT2D eigenvalue weighted by atomic mass is 10.2. The van der Waals surface area contributed by atoms with Crippen molar-refractivity contribution >= 4 is 5.91 Å². The van der Waals surface area contributed by atoms with E-state index in [0.29, 0.717) is 12.3 Å². The molecule has 4 nitrogen and oxygen atoms in total. The topological polar surface area (TPSA) is 55.6 Å². The van der Waals surface area contributed by atoms with Crippen LogP contribution in [-0.2, 0) is 4.79 Å². The molecule has 5 heteroatoms. The second kappa shape index (κ2) is 5.82. The highest BCUT2D eigenvalue weighted by atomic mass is 19.1. The molecule has 0 saturated carbocycles. The first-order valence-electron chi connectivity index (χ1n) is 6.08. The van der Waals surface area contributed by atoms with Crippen LogP contribution in [0.25, 0.3) is 0 Å². The maximum atomic E-state index is 12.9. The predicted octanol–water partition coefficient (Wildman–Crippen LogP) is 1.15.